The fourth-order valence-electron chi connectivity index (χ4n) is 4.69. The van der Waals surface area contributed by atoms with Crippen molar-refractivity contribution in [1.82, 2.24) is 19.7 Å². The number of rotatable bonds is 2. The van der Waals surface area contributed by atoms with Gasteiger partial charge < -0.3 is 15.0 Å². The van der Waals surface area contributed by atoms with E-state index in [4.69, 9.17) is 4.74 Å². The quantitative estimate of drug-likeness (QED) is 0.749. The molecule has 1 saturated carbocycles. The van der Waals surface area contributed by atoms with Crippen molar-refractivity contribution in [3.05, 3.63) is 18.6 Å². The summed E-state index contributed by atoms with van der Waals surface area (Å²) < 4.78 is 7.49. The van der Waals surface area contributed by atoms with Crippen molar-refractivity contribution < 1.29 is 9.53 Å². The summed E-state index contributed by atoms with van der Waals surface area (Å²) in [5, 5.41) is 3.16. The topological polar surface area (TPSA) is 71.8 Å². The van der Waals surface area contributed by atoms with Crippen LogP contribution in [0.5, 0.6) is 0 Å². The first-order chi connectivity index (χ1) is 13.3. The number of amides is 1. The molecule has 152 valence electrons. The Morgan fingerprint density at radius 3 is 2.75 bits per heavy atom. The second-order valence-electron chi connectivity index (χ2n) is 9.00. The Bertz CT molecular complexity index is 867. The summed E-state index contributed by atoms with van der Waals surface area (Å²) in [5.74, 6) is 0.912. The number of hydrogen-bond acceptors (Lipinski definition) is 6. The molecule has 1 saturated heterocycles. The molecule has 2 aliphatic rings. The van der Waals surface area contributed by atoms with Crippen molar-refractivity contribution in [1.29, 1.82) is 0 Å². The molecule has 1 aliphatic carbocycles. The van der Waals surface area contributed by atoms with E-state index in [-0.39, 0.29) is 17.6 Å². The molecule has 0 unspecified atom stereocenters. The Labute approximate surface area is 171 Å². The first kappa shape index (κ1) is 19.4. The number of carbonyl (C=O) groups excluding carboxylic acids is 1. The van der Waals surface area contributed by atoms with Crippen molar-refractivity contribution in [3.8, 4) is 0 Å². The fourth-order valence-corrected chi connectivity index (χ4v) is 4.91. The van der Waals surface area contributed by atoms with E-state index in [2.05, 4.69) is 32.8 Å². The number of nitrogens with zero attached hydrogens (tertiary/aromatic N) is 4. The van der Waals surface area contributed by atoms with Crippen LogP contribution < -0.4 is 10.2 Å². The molecule has 1 spiro atoms. The van der Waals surface area contributed by atoms with E-state index in [0.29, 0.717) is 0 Å². The second kappa shape index (κ2) is 7.13. The van der Waals surface area contributed by atoms with Gasteiger partial charge in [-0.1, -0.05) is 6.42 Å². The van der Waals surface area contributed by atoms with E-state index in [1.807, 2.05) is 31.4 Å². The summed E-state index contributed by atoms with van der Waals surface area (Å²) in [6.45, 7) is 7.53. The minimum absolute atomic E-state index is 0.158. The third-order valence-corrected chi connectivity index (χ3v) is 6.34. The van der Waals surface area contributed by atoms with Crippen molar-refractivity contribution in [2.75, 3.05) is 18.0 Å². The number of fused-ring (bicyclic) bond motifs is 1. The molecule has 2 aromatic heterocycles. The number of piperidine rings is 1. The van der Waals surface area contributed by atoms with E-state index < -0.39 is 5.60 Å². The summed E-state index contributed by atoms with van der Waals surface area (Å²) in [6, 6.07) is 0.186. The number of thiol groups is 1. The van der Waals surface area contributed by atoms with Gasteiger partial charge >= 0.3 is 6.09 Å². The lowest BCUT2D eigenvalue weighted by atomic mass is 9.74. The minimum Gasteiger partial charge on any atom is -0.444 e. The Balaban J connectivity index is 1.45. The van der Waals surface area contributed by atoms with Crippen LogP contribution in [-0.2, 0) is 4.74 Å². The maximum Gasteiger partial charge on any atom is 0.407 e. The Morgan fingerprint density at radius 2 is 2.04 bits per heavy atom. The van der Waals surface area contributed by atoms with Crippen LogP contribution >= 0.6 is 12.6 Å². The van der Waals surface area contributed by atoms with E-state index in [1.165, 1.54) is 0 Å². The van der Waals surface area contributed by atoms with E-state index in [1.54, 1.807) is 12.4 Å². The Kier molecular flexibility index (Phi) is 4.93. The maximum absolute atomic E-state index is 12.3. The van der Waals surface area contributed by atoms with Gasteiger partial charge in [0.15, 0.2) is 5.65 Å². The van der Waals surface area contributed by atoms with E-state index >= 15 is 0 Å². The molecule has 8 heteroatoms. The Morgan fingerprint density at radius 1 is 1.29 bits per heavy atom. The van der Waals surface area contributed by atoms with Crippen molar-refractivity contribution in [2.24, 2.45) is 5.41 Å². The maximum atomic E-state index is 12.3. The molecule has 7 nitrogen and oxygen atoms in total. The lowest BCUT2D eigenvalue weighted by Gasteiger charge is -2.43. The summed E-state index contributed by atoms with van der Waals surface area (Å²) in [6.07, 6.45) is 10.6. The average molecular weight is 404 g/mol. The monoisotopic (exact) mass is 403 g/mol. The fraction of sp³-hybridized carbons (Fsp3) is 0.650. The standard InChI is InChI=1S/C20H29N5O2S/c1-19(2,3)27-18(26)23-15-5-4-6-20(15)7-10-24(11-8-20)17-22-13-14(28)16-21-9-12-25(16)17/h9,12-13,15,28H,4-8,10-11H2,1-3H3,(H,23,26)/t15-/m1/s1. The van der Waals surface area contributed by atoms with Gasteiger partial charge in [0.05, 0.1) is 4.90 Å². The second-order valence-corrected chi connectivity index (χ2v) is 9.49. The summed E-state index contributed by atoms with van der Waals surface area (Å²) in [7, 11) is 0. The van der Waals surface area contributed by atoms with Gasteiger partial charge in [0.2, 0.25) is 5.95 Å². The SMILES string of the molecule is CC(C)(C)OC(=O)N[C@@H]1CCCC12CCN(c1ncc(S)c3nccn13)CC2. The van der Waals surface area contributed by atoms with Crippen molar-refractivity contribution >= 4 is 30.3 Å². The molecular weight excluding hydrogens is 374 g/mol. The van der Waals surface area contributed by atoms with Gasteiger partial charge in [-0.05, 0) is 51.9 Å². The van der Waals surface area contributed by atoms with Crippen LogP contribution in [0.15, 0.2) is 23.5 Å². The lowest BCUT2D eigenvalue weighted by Crippen LogP contribution is -2.51. The molecule has 0 radical (unpaired) electrons. The third kappa shape index (κ3) is 3.66. The van der Waals surface area contributed by atoms with Crippen LogP contribution in [0, 0.1) is 5.41 Å². The molecule has 28 heavy (non-hydrogen) atoms. The van der Waals surface area contributed by atoms with Crippen LogP contribution in [0.4, 0.5) is 10.7 Å². The molecule has 1 N–H and O–H groups in total. The van der Waals surface area contributed by atoms with Gasteiger partial charge in [-0.2, -0.15) is 0 Å². The molecule has 3 heterocycles. The minimum atomic E-state index is -0.472. The zero-order chi connectivity index (χ0) is 19.9. The molecule has 1 atom stereocenters. The predicted octanol–water partition coefficient (Wildman–Crippen LogP) is 3.68. The van der Waals surface area contributed by atoms with Gasteiger partial charge in [-0.25, -0.2) is 14.8 Å². The van der Waals surface area contributed by atoms with Crippen LogP contribution in [0.2, 0.25) is 0 Å². The average Bonchev–Trinajstić information content (AvgIpc) is 3.24. The molecule has 0 aromatic carbocycles. The highest BCUT2D eigenvalue weighted by Gasteiger charge is 2.46. The molecule has 2 fully saturated rings. The highest BCUT2D eigenvalue weighted by Crippen LogP contribution is 2.47. The van der Waals surface area contributed by atoms with Crippen LogP contribution in [-0.4, -0.2) is 45.2 Å². The number of imidazole rings is 1. The largest absolute Gasteiger partial charge is 0.444 e. The summed E-state index contributed by atoms with van der Waals surface area (Å²) in [5.41, 5.74) is 0.518. The Hall–Kier alpha value is -1.96. The number of anilines is 1. The van der Waals surface area contributed by atoms with Gasteiger partial charge in [0, 0.05) is 37.7 Å². The number of nitrogens with one attached hydrogen (secondary N) is 1. The number of hydrogen-bond donors (Lipinski definition) is 2. The van der Waals surface area contributed by atoms with Gasteiger partial charge in [-0.3, -0.25) is 4.40 Å². The van der Waals surface area contributed by atoms with Crippen molar-refractivity contribution in [2.45, 2.75) is 69.4 Å². The van der Waals surface area contributed by atoms with Crippen molar-refractivity contribution in [3.63, 3.8) is 0 Å². The number of aromatic nitrogens is 3. The van der Waals surface area contributed by atoms with E-state index in [0.717, 1.165) is 61.7 Å². The smallest absolute Gasteiger partial charge is 0.407 e. The zero-order valence-corrected chi connectivity index (χ0v) is 17.7. The van der Waals surface area contributed by atoms with Crippen LogP contribution in [0.3, 0.4) is 0 Å². The normalized spacial score (nSPS) is 22.0. The van der Waals surface area contributed by atoms with E-state index in [9.17, 15) is 4.79 Å². The zero-order valence-electron chi connectivity index (χ0n) is 16.8. The predicted molar refractivity (Wildman–Crippen MR) is 111 cm³/mol. The molecule has 0 bridgehead atoms. The van der Waals surface area contributed by atoms with Crippen LogP contribution in [0.25, 0.3) is 5.65 Å². The molecule has 1 amide bonds. The first-order valence-electron chi connectivity index (χ1n) is 10.0. The molecule has 2 aromatic rings. The summed E-state index contributed by atoms with van der Waals surface area (Å²) in [4.78, 5) is 24.4. The summed E-state index contributed by atoms with van der Waals surface area (Å²) >= 11 is 4.45. The number of carbonyl (C=O) groups is 1. The van der Waals surface area contributed by atoms with Gasteiger partial charge in [-0.15, -0.1) is 12.6 Å². The molecular formula is C20H29N5O2S. The van der Waals surface area contributed by atoms with Gasteiger partial charge in [0.25, 0.3) is 0 Å². The van der Waals surface area contributed by atoms with Crippen LogP contribution in [0.1, 0.15) is 52.9 Å². The molecule has 1 aliphatic heterocycles. The molecule has 4 rings (SSSR count). The highest BCUT2D eigenvalue weighted by atomic mass is 32.1. The first-order valence-corrected chi connectivity index (χ1v) is 10.5. The van der Waals surface area contributed by atoms with Gasteiger partial charge in [0.1, 0.15) is 5.60 Å². The highest BCUT2D eigenvalue weighted by molar-refractivity contribution is 7.80. The number of alkyl carbamates (subject to hydrolysis) is 1. The number of ether oxygens (including phenoxy) is 1. The lowest BCUT2D eigenvalue weighted by molar-refractivity contribution is 0.0442. The third-order valence-electron chi connectivity index (χ3n) is 6.03.